The maximum Gasteiger partial charge on any atom is 0.324 e. The summed E-state index contributed by atoms with van der Waals surface area (Å²) in [6, 6.07) is 18.3. The molecule has 2 aromatic heterocycles. The Morgan fingerprint density at radius 1 is 1.13 bits per heavy atom. The smallest absolute Gasteiger partial charge is 0.324 e. The second-order valence-electron chi connectivity index (χ2n) is 6.97. The molecule has 31 heavy (non-hydrogen) atoms. The number of aromatic nitrogens is 1. The fraction of sp³-hybridized carbons (Fsp3) is 0.136. The van der Waals surface area contributed by atoms with Gasteiger partial charge in [-0.25, -0.2) is 4.79 Å². The van der Waals surface area contributed by atoms with Gasteiger partial charge in [-0.3, -0.25) is 10.1 Å². The fourth-order valence-corrected chi connectivity index (χ4v) is 4.42. The van der Waals surface area contributed by atoms with Gasteiger partial charge in [0.1, 0.15) is 0 Å². The average Bonchev–Trinajstić information content (AvgIpc) is 3.40. The topological polar surface area (TPSA) is 91.3 Å². The Morgan fingerprint density at radius 2 is 1.90 bits per heavy atom. The second-order valence-corrected chi connectivity index (χ2v) is 9.03. The molecule has 0 aliphatic carbocycles. The summed E-state index contributed by atoms with van der Waals surface area (Å²) in [6.07, 6.45) is 2.62. The van der Waals surface area contributed by atoms with Gasteiger partial charge in [-0.05, 0) is 48.4 Å². The van der Waals surface area contributed by atoms with Crippen LogP contribution in [0, 0.1) is 10.1 Å². The summed E-state index contributed by atoms with van der Waals surface area (Å²) >= 11 is 4.47. The molecule has 0 spiro atoms. The van der Waals surface area contributed by atoms with Crippen LogP contribution in [0.15, 0.2) is 71.3 Å². The number of amides is 2. The lowest BCUT2D eigenvalue weighted by molar-refractivity contribution is -0.380. The van der Waals surface area contributed by atoms with Crippen LogP contribution in [-0.4, -0.2) is 27.4 Å². The summed E-state index contributed by atoms with van der Waals surface area (Å²) in [5, 5.41) is 15.1. The molecule has 0 saturated heterocycles. The van der Waals surface area contributed by atoms with Crippen molar-refractivity contribution < 1.29 is 9.72 Å². The van der Waals surface area contributed by atoms with Crippen molar-refractivity contribution in [3.63, 3.8) is 0 Å². The Bertz CT molecular complexity index is 1220. The minimum Gasteiger partial charge on any atom is -0.361 e. The highest BCUT2D eigenvalue weighted by Crippen LogP contribution is 2.26. The van der Waals surface area contributed by atoms with Crippen LogP contribution in [0.3, 0.4) is 0 Å². The van der Waals surface area contributed by atoms with E-state index in [0.717, 1.165) is 37.2 Å². The van der Waals surface area contributed by atoms with E-state index in [9.17, 15) is 14.9 Å². The number of rotatable bonds is 7. The molecule has 0 radical (unpaired) electrons. The zero-order chi connectivity index (χ0) is 21.8. The van der Waals surface area contributed by atoms with Crippen LogP contribution < -0.4 is 5.32 Å². The zero-order valence-corrected chi connectivity index (χ0v) is 18.8. The molecular weight excluding hydrogens is 480 g/mol. The molecule has 0 bridgehead atoms. The third-order valence-electron chi connectivity index (χ3n) is 4.88. The van der Waals surface area contributed by atoms with Gasteiger partial charge in [0.2, 0.25) is 0 Å². The van der Waals surface area contributed by atoms with E-state index in [4.69, 9.17) is 0 Å². The molecule has 2 N–H and O–H groups in total. The molecule has 0 fully saturated rings. The van der Waals surface area contributed by atoms with Crippen LogP contribution >= 0.6 is 27.3 Å². The molecule has 0 atom stereocenters. The lowest BCUT2D eigenvalue weighted by atomic mass is 10.1. The Morgan fingerprint density at radius 3 is 2.65 bits per heavy atom. The number of aromatic amines is 1. The standard InChI is InChI=1S/C22H19BrN4O3S/c23-16-5-7-17(8-6-16)25-22(28)26(14-18-9-10-21(31-18)27(29)30)12-11-15-13-24-20-4-2-1-3-19(15)20/h1-10,13,24H,11-12,14H2,(H,25,28). The fourth-order valence-electron chi connectivity index (χ4n) is 3.32. The van der Waals surface area contributed by atoms with Crippen LogP contribution in [0.5, 0.6) is 0 Å². The number of nitrogens with one attached hydrogen (secondary N) is 2. The van der Waals surface area contributed by atoms with E-state index in [1.165, 1.54) is 6.07 Å². The molecule has 4 rings (SSSR count). The van der Waals surface area contributed by atoms with Gasteiger partial charge in [0.05, 0.1) is 11.5 Å². The highest BCUT2D eigenvalue weighted by Gasteiger charge is 2.18. The SMILES string of the molecule is O=C(Nc1ccc(Br)cc1)N(CCc1c[nH]c2ccccc12)Cc1ccc([N+](=O)[O-])s1. The maximum absolute atomic E-state index is 13.0. The molecule has 2 aromatic carbocycles. The Hall–Kier alpha value is -3.17. The second kappa shape index (κ2) is 9.32. The molecule has 7 nitrogen and oxygen atoms in total. The quantitative estimate of drug-likeness (QED) is 0.235. The van der Waals surface area contributed by atoms with E-state index >= 15 is 0 Å². The van der Waals surface area contributed by atoms with Crippen LogP contribution in [0.25, 0.3) is 10.9 Å². The summed E-state index contributed by atoms with van der Waals surface area (Å²) in [5.41, 5.74) is 2.86. The highest BCUT2D eigenvalue weighted by atomic mass is 79.9. The van der Waals surface area contributed by atoms with Crippen LogP contribution in [0.2, 0.25) is 0 Å². The van der Waals surface area contributed by atoms with Crippen molar-refractivity contribution in [3.05, 3.63) is 91.9 Å². The number of hydrogen-bond acceptors (Lipinski definition) is 4. The first-order valence-corrected chi connectivity index (χ1v) is 11.2. The molecule has 2 heterocycles. The number of nitro groups is 1. The lowest BCUT2D eigenvalue weighted by Gasteiger charge is -2.22. The van der Waals surface area contributed by atoms with Crippen molar-refractivity contribution in [1.29, 1.82) is 0 Å². The van der Waals surface area contributed by atoms with Crippen LogP contribution in [0.1, 0.15) is 10.4 Å². The number of carbonyl (C=O) groups excluding carboxylic acids is 1. The summed E-state index contributed by atoms with van der Waals surface area (Å²) in [5.74, 6) is 0. The normalized spacial score (nSPS) is 10.9. The van der Waals surface area contributed by atoms with Gasteiger partial charge >= 0.3 is 11.0 Å². The number of H-pyrrole nitrogens is 1. The summed E-state index contributed by atoms with van der Waals surface area (Å²) < 4.78 is 0.924. The van der Waals surface area contributed by atoms with Gasteiger partial charge < -0.3 is 15.2 Å². The largest absolute Gasteiger partial charge is 0.361 e. The van der Waals surface area contributed by atoms with Gasteiger partial charge in [-0.2, -0.15) is 0 Å². The van der Waals surface area contributed by atoms with Crippen molar-refractivity contribution in [2.45, 2.75) is 13.0 Å². The van der Waals surface area contributed by atoms with E-state index in [2.05, 4.69) is 32.3 Å². The Labute approximate surface area is 191 Å². The van der Waals surface area contributed by atoms with E-state index in [0.29, 0.717) is 25.2 Å². The Kier molecular flexibility index (Phi) is 6.34. The number of nitrogens with zero attached hydrogens (tertiary/aromatic N) is 2. The molecule has 4 aromatic rings. The average molecular weight is 499 g/mol. The predicted molar refractivity (Wildman–Crippen MR) is 127 cm³/mol. The summed E-state index contributed by atoms with van der Waals surface area (Å²) in [4.78, 5) is 29.3. The maximum atomic E-state index is 13.0. The molecule has 0 aliphatic heterocycles. The number of para-hydroxylation sites is 1. The van der Waals surface area contributed by atoms with Crippen molar-refractivity contribution >= 4 is 54.9 Å². The van der Waals surface area contributed by atoms with Crippen molar-refractivity contribution in [2.24, 2.45) is 0 Å². The molecule has 0 unspecified atom stereocenters. The van der Waals surface area contributed by atoms with E-state index in [-0.39, 0.29) is 11.0 Å². The molecular formula is C22H19BrN4O3S. The first-order valence-electron chi connectivity index (χ1n) is 9.59. The minimum absolute atomic E-state index is 0.0693. The van der Waals surface area contributed by atoms with Crippen LogP contribution in [0.4, 0.5) is 15.5 Å². The van der Waals surface area contributed by atoms with Gasteiger partial charge in [0.15, 0.2) is 0 Å². The van der Waals surface area contributed by atoms with E-state index in [1.807, 2.05) is 48.7 Å². The summed E-state index contributed by atoms with van der Waals surface area (Å²) in [7, 11) is 0. The van der Waals surface area contributed by atoms with Gasteiger partial charge in [0.25, 0.3) is 0 Å². The number of thiophene rings is 1. The minimum atomic E-state index is -0.410. The molecule has 0 aliphatic rings. The number of fused-ring (bicyclic) bond motifs is 1. The Balaban J connectivity index is 1.52. The lowest BCUT2D eigenvalue weighted by Crippen LogP contribution is -2.35. The van der Waals surface area contributed by atoms with Crippen molar-refractivity contribution in [2.75, 3.05) is 11.9 Å². The number of urea groups is 1. The number of hydrogen-bond donors (Lipinski definition) is 2. The zero-order valence-electron chi connectivity index (χ0n) is 16.4. The molecule has 9 heteroatoms. The third kappa shape index (κ3) is 5.12. The van der Waals surface area contributed by atoms with Crippen molar-refractivity contribution in [3.8, 4) is 0 Å². The first-order chi connectivity index (χ1) is 15.0. The number of halogens is 1. The third-order valence-corrected chi connectivity index (χ3v) is 6.43. The summed E-state index contributed by atoms with van der Waals surface area (Å²) in [6.45, 7) is 0.763. The van der Waals surface area contributed by atoms with Gasteiger partial charge in [-0.15, -0.1) is 0 Å². The van der Waals surface area contributed by atoms with E-state index < -0.39 is 4.92 Å². The molecule has 0 saturated carbocycles. The monoisotopic (exact) mass is 498 g/mol. The highest BCUT2D eigenvalue weighted by molar-refractivity contribution is 9.10. The molecule has 158 valence electrons. The van der Waals surface area contributed by atoms with Gasteiger partial charge in [-0.1, -0.05) is 45.5 Å². The van der Waals surface area contributed by atoms with Crippen molar-refractivity contribution in [1.82, 2.24) is 9.88 Å². The number of benzene rings is 2. The van der Waals surface area contributed by atoms with E-state index in [1.54, 1.807) is 11.0 Å². The number of anilines is 1. The number of carbonyl (C=O) groups is 1. The predicted octanol–water partition coefficient (Wildman–Crippen LogP) is 6.18. The van der Waals surface area contributed by atoms with Crippen LogP contribution in [-0.2, 0) is 13.0 Å². The molecule has 2 amide bonds. The first kappa shape index (κ1) is 21.1. The van der Waals surface area contributed by atoms with Gasteiger partial charge in [0, 0.05) is 44.7 Å².